The summed E-state index contributed by atoms with van der Waals surface area (Å²) in [7, 11) is 0. The zero-order chi connectivity index (χ0) is 8.97. The van der Waals surface area contributed by atoms with Gasteiger partial charge in [0.05, 0.1) is 0 Å². The maximum absolute atomic E-state index is 8.72. The Bertz CT molecular complexity index is 166. The van der Waals surface area contributed by atoms with Crippen molar-refractivity contribution in [2.24, 2.45) is 5.92 Å². The van der Waals surface area contributed by atoms with Crippen molar-refractivity contribution >= 4 is 0 Å². The third-order valence-corrected chi connectivity index (χ3v) is 2.63. The maximum Gasteiger partial charge on any atom is 0.0431 e. The normalized spacial score (nSPS) is 23.2. The predicted molar refractivity (Wildman–Crippen MR) is 51.7 cm³/mol. The van der Waals surface area contributed by atoms with E-state index in [1.54, 1.807) is 5.57 Å². The molecule has 69 valence electrons. The van der Waals surface area contributed by atoms with Gasteiger partial charge >= 0.3 is 0 Å². The number of rotatable bonds is 3. The van der Waals surface area contributed by atoms with Gasteiger partial charge in [-0.05, 0) is 51.9 Å². The van der Waals surface area contributed by atoms with Crippen molar-refractivity contribution in [3.63, 3.8) is 0 Å². The Morgan fingerprint density at radius 3 is 2.92 bits per heavy atom. The lowest BCUT2D eigenvalue weighted by Gasteiger charge is -2.12. The molecule has 0 aromatic heterocycles. The van der Waals surface area contributed by atoms with E-state index in [2.05, 4.69) is 20.3 Å². The summed E-state index contributed by atoms with van der Waals surface area (Å²) in [5, 5.41) is 8.72. The van der Waals surface area contributed by atoms with Gasteiger partial charge in [-0.15, -0.1) is 0 Å². The van der Waals surface area contributed by atoms with Crippen LogP contribution in [-0.2, 0) is 0 Å². The summed E-state index contributed by atoms with van der Waals surface area (Å²) in [4.78, 5) is 0. The van der Waals surface area contributed by atoms with Crippen LogP contribution in [0.15, 0.2) is 11.1 Å². The zero-order valence-corrected chi connectivity index (χ0v) is 8.14. The van der Waals surface area contributed by atoms with Crippen LogP contribution in [0.2, 0.25) is 0 Å². The molecule has 1 nitrogen and oxygen atoms in total. The van der Waals surface area contributed by atoms with Crippen LogP contribution in [0.5, 0.6) is 0 Å². The zero-order valence-electron chi connectivity index (χ0n) is 8.14. The minimum Gasteiger partial charge on any atom is -0.396 e. The van der Waals surface area contributed by atoms with E-state index in [1.807, 2.05) is 0 Å². The molecular formula is C11H19O. The van der Waals surface area contributed by atoms with E-state index < -0.39 is 0 Å². The molecule has 1 aliphatic rings. The molecule has 1 saturated carbocycles. The highest BCUT2D eigenvalue weighted by Gasteiger charge is 2.20. The molecule has 0 saturated heterocycles. The van der Waals surface area contributed by atoms with Crippen molar-refractivity contribution in [2.45, 2.75) is 39.5 Å². The fraction of sp³-hybridized carbons (Fsp3) is 0.727. The molecule has 1 aliphatic carbocycles. The van der Waals surface area contributed by atoms with Gasteiger partial charge in [0.1, 0.15) is 0 Å². The summed E-state index contributed by atoms with van der Waals surface area (Å²) in [6.07, 6.45) is 6.96. The molecule has 1 radical (unpaired) electrons. The molecular weight excluding hydrogens is 148 g/mol. The molecule has 12 heavy (non-hydrogen) atoms. The standard InChI is InChI=1S/C11H19O/c1-9(2)11-7-3-5-10(11)6-4-8-12/h5,10,12H,3-4,6-8H2,1-2H3/t10-/m1/s1. The van der Waals surface area contributed by atoms with E-state index in [9.17, 15) is 0 Å². The van der Waals surface area contributed by atoms with Crippen molar-refractivity contribution in [2.75, 3.05) is 6.61 Å². The van der Waals surface area contributed by atoms with E-state index in [0.29, 0.717) is 12.5 Å². The van der Waals surface area contributed by atoms with Gasteiger partial charge in [-0.1, -0.05) is 11.1 Å². The maximum atomic E-state index is 8.72. The minimum atomic E-state index is 0.334. The smallest absolute Gasteiger partial charge is 0.0431 e. The van der Waals surface area contributed by atoms with E-state index in [-0.39, 0.29) is 0 Å². The lowest BCUT2D eigenvalue weighted by molar-refractivity contribution is 0.279. The molecule has 1 N–H and O–H groups in total. The van der Waals surface area contributed by atoms with Crippen LogP contribution in [0, 0.1) is 12.3 Å². The fourth-order valence-corrected chi connectivity index (χ4v) is 1.99. The summed E-state index contributed by atoms with van der Waals surface area (Å²) in [5.41, 5.74) is 3.09. The lowest BCUT2D eigenvalue weighted by Crippen LogP contribution is -2.00. The van der Waals surface area contributed by atoms with Crippen LogP contribution in [0.4, 0.5) is 0 Å². The molecule has 1 fully saturated rings. The van der Waals surface area contributed by atoms with Crippen molar-refractivity contribution in [1.82, 2.24) is 0 Å². The van der Waals surface area contributed by atoms with Crippen LogP contribution in [0.25, 0.3) is 0 Å². The fourth-order valence-electron chi connectivity index (χ4n) is 1.99. The summed E-state index contributed by atoms with van der Waals surface area (Å²) in [6, 6.07) is 0. The molecule has 0 spiro atoms. The Morgan fingerprint density at radius 2 is 2.33 bits per heavy atom. The van der Waals surface area contributed by atoms with Gasteiger partial charge in [-0.25, -0.2) is 0 Å². The van der Waals surface area contributed by atoms with E-state index in [0.717, 1.165) is 12.8 Å². The van der Waals surface area contributed by atoms with Crippen molar-refractivity contribution in [3.05, 3.63) is 17.6 Å². The first-order valence-corrected chi connectivity index (χ1v) is 4.86. The van der Waals surface area contributed by atoms with Crippen LogP contribution in [-0.4, -0.2) is 11.7 Å². The van der Waals surface area contributed by atoms with Crippen molar-refractivity contribution in [1.29, 1.82) is 0 Å². The molecule has 0 aromatic rings. The lowest BCUT2D eigenvalue weighted by atomic mass is 9.94. The first-order valence-electron chi connectivity index (χ1n) is 4.86. The third kappa shape index (κ3) is 2.34. The van der Waals surface area contributed by atoms with Crippen LogP contribution in [0.3, 0.4) is 0 Å². The Labute approximate surface area is 75.5 Å². The second-order valence-electron chi connectivity index (χ2n) is 3.77. The summed E-state index contributed by atoms with van der Waals surface area (Å²) in [6.45, 7) is 4.72. The van der Waals surface area contributed by atoms with E-state index >= 15 is 0 Å². The summed E-state index contributed by atoms with van der Waals surface area (Å²) < 4.78 is 0. The largest absolute Gasteiger partial charge is 0.396 e. The third-order valence-electron chi connectivity index (χ3n) is 2.63. The minimum absolute atomic E-state index is 0.334. The Morgan fingerprint density at radius 1 is 1.58 bits per heavy atom. The SMILES string of the molecule is CC(C)=C1CC[CH][C@@H]1CCCO. The first-order chi connectivity index (χ1) is 5.75. The van der Waals surface area contributed by atoms with Gasteiger partial charge in [0, 0.05) is 6.61 Å². The highest BCUT2D eigenvalue weighted by molar-refractivity contribution is 5.21. The molecule has 1 rings (SSSR count). The van der Waals surface area contributed by atoms with Gasteiger partial charge in [0.15, 0.2) is 0 Å². The topological polar surface area (TPSA) is 20.2 Å². The van der Waals surface area contributed by atoms with Crippen molar-refractivity contribution < 1.29 is 5.11 Å². The Hall–Kier alpha value is -0.300. The first kappa shape index (κ1) is 9.79. The van der Waals surface area contributed by atoms with Gasteiger partial charge in [-0.2, -0.15) is 0 Å². The molecule has 1 heteroatoms. The monoisotopic (exact) mass is 167 g/mol. The van der Waals surface area contributed by atoms with Crippen LogP contribution in [0.1, 0.15) is 39.5 Å². The number of allylic oxidation sites excluding steroid dienone is 2. The van der Waals surface area contributed by atoms with Gasteiger partial charge in [0.25, 0.3) is 0 Å². The van der Waals surface area contributed by atoms with E-state index in [1.165, 1.54) is 18.4 Å². The summed E-state index contributed by atoms with van der Waals surface area (Å²) in [5.74, 6) is 0.669. The van der Waals surface area contributed by atoms with Gasteiger partial charge < -0.3 is 5.11 Å². The summed E-state index contributed by atoms with van der Waals surface area (Å²) >= 11 is 0. The molecule has 0 amide bonds. The van der Waals surface area contributed by atoms with Gasteiger partial charge in [0.2, 0.25) is 0 Å². The second kappa shape index (κ2) is 4.66. The highest BCUT2D eigenvalue weighted by Crippen LogP contribution is 2.35. The number of hydrogen-bond donors (Lipinski definition) is 1. The molecule has 0 heterocycles. The quantitative estimate of drug-likeness (QED) is 0.641. The molecule has 0 aromatic carbocycles. The number of hydrogen-bond acceptors (Lipinski definition) is 1. The van der Waals surface area contributed by atoms with Crippen molar-refractivity contribution in [3.8, 4) is 0 Å². The van der Waals surface area contributed by atoms with Crippen LogP contribution < -0.4 is 0 Å². The van der Waals surface area contributed by atoms with Crippen LogP contribution >= 0.6 is 0 Å². The predicted octanol–water partition coefficient (Wildman–Crippen LogP) is 2.71. The molecule has 0 unspecified atom stereocenters. The molecule has 0 aliphatic heterocycles. The Kier molecular flexibility index (Phi) is 3.80. The molecule has 1 atom stereocenters. The number of aliphatic hydroxyl groups excluding tert-OH is 1. The average molecular weight is 167 g/mol. The Balaban J connectivity index is 2.47. The van der Waals surface area contributed by atoms with E-state index in [4.69, 9.17) is 5.11 Å². The molecule has 0 bridgehead atoms. The number of aliphatic hydroxyl groups is 1. The highest BCUT2D eigenvalue weighted by atomic mass is 16.2. The second-order valence-corrected chi connectivity index (χ2v) is 3.77. The van der Waals surface area contributed by atoms with Gasteiger partial charge in [-0.3, -0.25) is 0 Å². The average Bonchev–Trinajstić information content (AvgIpc) is 2.48.